The van der Waals surface area contributed by atoms with Gasteiger partial charge in [0.2, 0.25) is 0 Å². The van der Waals surface area contributed by atoms with Gasteiger partial charge in [-0.25, -0.2) is 9.97 Å². The summed E-state index contributed by atoms with van der Waals surface area (Å²) in [6, 6.07) is 3.65. The zero-order valence-electron chi connectivity index (χ0n) is 7.27. The lowest BCUT2D eigenvalue weighted by atomic mass is 10.3. The molecule has 2 heterocycles. The van der Waals surface area contributed by atoms with Crippen molar-refractivity contribution in [1.29, 1.82) is 0 Å². The van der Waals surface area contributed by atoms with Crippen LogP contribution in [0.1, 0.15) is 5.69 Å². The molecule has 0 atom stereocenters. The van der Waals surface area contributed by atoms with E-state index in [1.165, 1.54) is 0 Å². The van der Waals surface area contributed by atoms with E-state index in [1.54, 1.807) is 23.6 Å². The Morgan fingerprint density at radius 3 is 2.86 bits per heavy atom. The van der Waals surface area contributed by atoms with Gasteiger partial charge in [0.25, 0.3) is 0 Å². The van der Waals surface area contributed by atoms with Gasteiger partial charge in [0.15, 0.2) is 0 Å². The fourth-order valence-corrected chi connectivity index (χ4v) is 1.97. The molecule has 3 nitrogen and oxygen atoms in total. The lowest BCUT2D eigenvalue weighted by Gasteiger charge is -1.94. The van der Waals surface area contributed by atoms with E-state index >= 15 is 0 Å². The molecule has 0 aromatic carbocycles. The zero-order valence-corrected chi connectivity index (χ0v) is 8.85. The molecule has 0 spiro atoms. The van der Waals surface area contributed by atoms with Crippen LogP contribution in [0.3, 0.4) is 0 Å². The first-order valence-electron chi connectivity index (χ1n) is 4.06. The summed E-state index contributed by atoms with van der Waals surface area (Å²) in [5.41, 5.74) is 7.35. The first-order chi connectivity index (χ1) is 6.79. The Bertz CT molecular complexity index is 424. The maximum absolute atomic E-state index is 5.68. The van der Waals surface area contributed by atoms with Gasteiger partial charge in [-0.2, -0.15) is 0 Å². The van der Waals surface area contributed by atoms with Crippen molar-refractivity contribution in [2.24, 2.45) is 5.73 Å². The van der Waals surface area contributed by atoms with E-state index in [0.29, 0.717) is 11.7 Å². The van der Waals surface area contributed by atoms with Crippen molar-refractivity contribution >= 4 is 22.9 Å². The predicted molar refractivity (Wildman–Crippen MR) is 58.2 cm³/mol. The molecule has 0 fully saturated rings. The first-order valence-corrected chi connectivity index (χ1v) is 5.32. The molecule has 2 aromatic rings. The van der Waals surface area contributed by atoms with Gasteiger partial charge < -0.3 is 5.73 Å². The molecular formula is C9H8ClN3S. The molecule has 2 aromatic heterocycles. The van der Waals surface area contributed by atoms with Gasteiger partial charge >= 0.3 is 0 Å². The van der Waals surface area contributed by atoms with Gasteiger partial charge in [0.05, 0.1) is 5.69 Å². The number of hydrogen-bond acceptors (Lipinski definition) is 4. The van der Waals surface area contributed by atoms with Gasteiger partial charge in [0.1, 0.15) is 10.2 Å². The number of nitrogens with two attached hydrogens (primary N) is 1. The van der Waals surface area contributed by atoms with Crippen molar-refractivity contribution in [2.75, 3.05) is 0 Å². The van der Waals surface area contributed by atoms with Crippen molar-refractivity contribution in [3.8, 4) is 10.6 Å². The molecule has 0 aliphatic rings. The van der Waals surface area contributed by atoms with E-state index in [-0.39, 0.29) is 0 Å². The third-order valence-electron chi connectivity index (χ3n) is 1.74. The molecule has 2 rings (SSSR count). The number of halogens is 1. The average Bonchev–Trinajstić information content (AvgIpc) is 2.67. The highest BCUT2D eigenvalue weighted by atomic mass is 35.5. The van der Waals surface area contributed by atoms with Crippen molar-refractivity contribution in [3.05, 3.63) is 34.6 Å². The molecule has 5 heteroatoms. The topological polar surface area (TPSA) is 51.8 Å². The predicted octanol–water partition coefficient (Wildman–Crippen LogP) is 2.32. The third-order valence-corrected chi connectivity index (χ3v) is 2.90. The van der Waals surface area contributed by atoms with E-state index in [4.69, 9.17) is 17.3 Å². The van der Waals surface area contributed by atoms with Crippen LogP contribution < -0.4 is 5.73 Å². The summed E-state index contributed by atoms with van der Waals surface area (Å²) in [7, 11) is 0. The Morgan fingerprint density at radius 2 is 2.29 bits per heavy atom. The largest absolute Gasteiger partial charge is 0.325 e. The summed E-state index contributed by atoms with van der Waals surface area (Å²) in [6.07, 6.45) is 1.71. The van der Waals surface area contributed by atoms with E-state index in [1.807, 2.05) is 11.4 Å². The van der Waals surface area contributed by atoms with Crippen molar-refractivity contribution in [3.63, 3.8) is 0 Å². The maximum Gasteiger partial charge on any atom is 0.129 e. The highest BCUT2D eigenvalue weighted by Gasteiger charge is 2.03. The van der Waals surface area contributed by atoms with Crippen LogP contribution in [0.15, 0.2) is 23.7 Å². The van der Waals surface area contributed by atoms with Crippen LogP contribution in [0, 0.1) is 0 Å². The monoisotopic (exact) mass is 225 g/mol. The van der Waals surface area contributed by atoms with Gasteiger partial charge in [-0.15, -0.1) is 11.3 Å². The number of rotatable bonds is 2. The average molecular weight is 226 g/mol. The fraction of sp³-hybridized carbons (Fsp3) is 0.111. The van der Waals surface area contributed by atoms with Gasteiger partial charge in [-0.05, 0) is 12.1 Å². The van der Waals surface area contributed by atoms with Gasteiger partial charge in [-0.3, -0.25) is 0 Å². The third kappa shape index (κ3) is 1.92. The zero-order chi connectivity index (χ0) is 9.97. The molecule has 0 radical (unpaired) electrons. The fourth-order valence-electron chi connectivity index (χ4n) is 1.04. The number of aromatic nitrogens is 2. The molecular weight excluding hydrogens is 218 g/mol. The summed E-state index contributed by atoms with van der Waals surface area (Å²) in [4.78, 5) is 8.33. The van der Waals surface area contributed by atoms with Crippen molar-refractivity contribution in [1.82, 2.24) is 9.97 Å². The minimum absolute atomic E-state index is 0.470. The molecule has 72 valence electrons. The minimum Gasteiger partial charge on any atom is -0.325 e. The quantitative estimate of drug-likeness (QED) is 0.799. The summed E-state index contributed by atoms with van der Waals surface area (Å²) in [5.74, 6) is 0. The maximum atomic E-state index is 5.68. The number of pyridine rings is 1. The highest BCUT2D eigenvalue weighted by molar-refractivity contribution is 7.13. The standard InChI is InChI=1S/C9H8ClN3S/c10-8-2-1-6(4-12-8)9-13-7(3-11)5-14-9/h1-2,4-5H,3,11H2. The molecule has 0 saturated carbocycles. The molecule has 0 aliphatic heterocycles. The Hall–Kier alpha value is -0.970. The van der Waals surface area contributed by atoms with Crippen LogP contribution in [0.5, 0.6) is 0 Å². The summed E-state index contributed by atoms with van der Waals surface area (Å²) >= 11 is 7.24. The Kier molecular flexibility index (Phi) is 2.77. The highest BCUT2D eigenvalue weighted by Crippen LogP contribution is 2.23. The van der Waals surface area contributed by atoms with Crippen molar-refractivity contribution < 1.29 is 0 Å². The van der Waals surface area contributed by atoms with E-state index in [2.05, 4.69) is 9.97 Å². The van der Waals surface area contributed by atoms with Crippen molar-refractivity contribution in [2.45, 2.75) is 6.54 Å². The molecule has 0 bridgehead atoms. The SMILES string of the molecule is NCc1csc(-c2ccc(Cl)nc2)n1. The van der Waals surface area contributed by atoms with E-state index in [9.17, 15) is 0 Å². The van der Waals surface area contributed by atoms with Crippen LogP contribution in [0.25, 0.3) is 10.6 Å². The molecule has 0 amide bonds. The lowest BCUT2D eigenvalue weighted by molar-refractivity contribution is 1.01. The van der Waals surface area contributed by atoms with Crippen LogP contribution in [0.4, 0.5) is 0 Å². The Morgan fingerprint density at radius 1 is 1.43 bits per heavy atom. The second-order valence-electron chi connectivity index (χ2n) is 2.72. The summed E-state index contributed by atoms with van der Waals surface area (Å²) in [6.45, 7) is 0.470. The van der Waals surface area contributed by atoms with E-state index in [0.717, 1.165) is 16.3 Å². The Balaban J connectivity index is 2.34. The second-order valence-corrected chi connectivity index (χ2v) is 3.96. The first kappa shape index (κ1) is 9.58. The van der Waals surface area contributed by atoms with E-state index < -0.39 is 0 Å². The van der Waals surface area contributed by atoms with Crippen LogP contribution in [-0.4, -0.2) is 9.97 Å². The molecule has 14 heavy (non-hydrogen) atoms. The van der Waals surface area contributed by atoms with Crippen LogP contribution in [-0.2, 0) is 6.54 Å². The minimum atomic E-state index is 0.470. The normalized spacial score (nSPS) is 10.4. The lowest BCUT2D eigenvalue weighted by Crippen LogP contribution is -1.95. The molecule has 0 aliphatic carbocycles. The summed E-state index contributed by atoms with van der Waals surface area (Å²) in [5, 5.41) is 3.36. The van der Waals surface area contributed by atoms with Crippen LogP contribution >= 0.6 is 22.9 Å². The smallest absolute Gasteiger partial charge is 0.129 e. The van der Waals surface area contributed by atoms with Crippen LogP contribution in [0.2, 0.25) is 5.15 Å². The number of thiazole rings is 1. The summed E-state index contributed by atoms with van der Waals surface area (Å²) < 4.78 is 0. The van der Waals surface area contributed by atoms with Gasteiger partial charge in [0, 0.05) is 23.7 Å². The number of hydrogen-bond donors (Lipinski definition) is 1. The molecule has 0 saturated heterocycles. The number of nitrogens with zero attached hydrogens (tertiary/aromatic N) is 2. The Labute approximate surface area is 90.6 Å². The second kappa shape index (κ2) is 4.04. The molecule has 0 unspecified atom stereocenters. The van der Waals surface area contributed by atoms with Gasteiger partial charge in [-0.1, -0.05) is 11.6 Å². The molecule has 2 N–H and O–H groups in total.